The van der Waals surface area contributed by atoms with Crippen LogP contribution in [0.4, 0.5) is 4.39 Å². The van der Waals surface area contributed by atoms with Crippen molar-refractivity contribution in [2.75, 3.05) is 32.8 Å². The summed E-state index contributed by atoms with van der Waals surface area (Å²) < 4.78 is 14.0. The third-order valence-electron chi connectivity index (χ3n) is 4.87. The van der Waals surface area contributed by atoms with Crippen molar-refractivity contribution in [3.8, 4) is 0 Å². The van der Waals surface area contributed by atoms with Crippen molar-refractivity contribution >= 4 is 10.9 Å². The van der Waals surface area contributed by atoms with Gasteiger partial charge in [-0.05, 0) is 24.5 Å². The SMILES string of the molecule is CC(C)CN1CCN(Cc2ccc3cccc(F)c3n2)CC1CCO. The van der Waals surface area contributed by atoms with Gasteiger partial charge in [0.2, 0.25) is 0 Å². The summed E-state index contributed by atoms with van der Waals surface area (Å²) in [5.41, 5.74) is 1.35. The lowest BCUT2D eigenvalue weighted by Crippen LogP contribution is -2.53. The summed E-state index contributed by atoms with van der Waals surface area (Å²) in [5.74, 6) is 0.358. The number of para-hydroxylation sites is 1. The van der Waals surface area contributed by atoms with E-state index in [9.17, 15) is 9.50 Å². The minimum absolute atomic E-state index is 0.215. The Morgan fingerprint density at radius 1 is 1.24 bits per heavy atom. The summed E-state index contributed by atoms with van der Waals surface area (Å²) >= 11 is 0. The lowest BCUT2D eigenvalue weighted by atomic mass is 10.1. The van der Waals surface area contributed by atoms with Gasteiger partial charge in [-0.15, -0.1) is 0 Å². The molecule has 5 heteroatoms. The zero-order valence-electron chi connectivity index (χ0n) is 15.2. The molecule has 1 aliphatic rings. The Balaban J connectivity index is 1.69. The molecule has 136 valence electrons. The van der Waals surface area contributed by atoms with Crippen molar-refractivity contribution < 1.29 is 9.50 Å². The summed E-state index contributed by atoms with van der Waals surface area (Å²) in [7, 11) is 0. The highest BCUT2D eigenvalue weighted by molar-refractivity contribution is 5.79. The summed E-state index contributed by atoms with van der Waals surface area (Å²) in [6.07, 6.45) is 0.795. The molecule has 0 aliphatic carbocycles. The fourth-order valence-corrected chi connectivity index (χ4v) is 3.70. The second-order valence-corrected chi connectivity index (χ2v) is 7.40. The minimum atomic E-state index is -0.265. The van der Waals surface area contributed by atoms with Crippen LogP contribution in [0.1, 0.15) is 26.0 Å². The van der Waals surface area contributed by atoms with Crippen LogP contribution < -0.4 is 0 Å². The second kappa shape index (κ2) is 8.21. The van der Waals surface area contributed by atoms with E-state index in [2.05, 4.69) is 28.6 Å². The van der Waals surface area contributed by atoms with Gasteiger partial charge >= 0.3 is 0 Å². The first-order valence-corrected chi connectivity index (χ1v) is 9.18. The first-order chi connectivity index (χ1) is 12.1. The number of nitrogens with zero attached hydrogens (tertiary/aromatic N) is 3. The van der Waals surface area contributed by atoms with E-state index < -0.39 is 0 Å². The van der Waals surface area contributed by atoms with Crippen LogP contribution in [0.15, 0.2) is 30.3 Å². The Labute approximate surface area is 149 Å². The number of hydrogen-bond donors (Lipinski definition) is 1. The second-order valence-electron chi connectivity index (χ2n) is 7.40. The van der Waals surface area contributed by atoms with Gasteiger partial charge in [-0.1, -0.05) is 32.0 Å². The number of fused-ring (bicyclic) bond motifs is 1. The normalized spacial score (nSPS) is 19.8. The van der Waals surface area contributed by atoms with E-state index in [1.54, 1.807) is 6.07 Å². The van der Waals surface area contributed by atoms with Crippen molar-refractivity contribution in [1.82, 2.24) is 14.8 Å². The molecule has 0 saturated carbocycles. The number of pyridine rings is 1. The van der Waals surface area contributed by atoms with Gasteiger partial charge in [0.25, 0.3) is 0 Å². The van der Waals surface area contributed by atoms with E-state index in [-0.39, 0.29) is 12.4 Å². The molecule has 2 aromatic rings. The average Bonchev–Trinajstić information content (AvgIpc) is 2.58. The quantitative estimate of drug-likeness (QED) is 0.874. The van der Waals surface area contributed by atoms with Crippen LogP contribution in [0.2, 0.25) is 0 Å². The molecule has 1 N–H and O–H groups in total. The highest BCUT2D eigenvalue weighted by atomic mass is 19.1. The molecule has 0 radical (unpaired) electrons. The zero-order valence-corrected chi connectivity index (χ0v) is 15.2. The summed E-state index contributed by atoms with van der Waals surface area (Å²) in [5, 5.41) is 10.2. The van der Waals surface area contributed by atoms with E-state index in [0.29, 0.717) is 17.5 Å². The molecule has 25 heavy (non-hydrogen) atoms. The maximum atomic E-state index is 14.0. The average molecular weight is 345 g/mol. The van der Waals surface area contributed by atoms with Crippen molar-refractivity contribution in [2.45, 2.75) is 32.9 Å². The summed E-state index contributed by atoms with van der Waals surface area (Å²) in [6.45, 7) is 9.37. The molecule has 4 nitrogen and oxygen atoms in total. The number of hydrogen-bond acceptors (Lipinski definition) is 4. The van der Waals surface area contributed by atoms with E-state index >= 15 is 0 Å². The van der Waals surface area contributed by atoms with Crippen LogP contribution in [0.3, 0.4) is 0 Å². The van der Waals surface area contributed by atoms with Gasteiger partial charge in [0.05, 0.1) is 5.69 Å². The molecular formula is C20H28FN3O. The van der Waals surface area contributed by atoms with E-state index in [4.69, 9.17) is 0 Å². The number of benzene rings is 1. The lowest BCUT2D eigenvalue weighted by molar-refractivity contribution is 0.0472. The lowest BCUT2D eigenvalue weighted by Gasteiger charge is -2.42. The summed E-state index contributed by atoms with van der Waals surface area (Å²) in [6, 6.07) is 9.37. The highest BCUT2D eigenvalue weighted by Crippen LogP contribution is 2.19. The predicted molar refractivity (Wildman–Crippen MR) is 98.9 cm³/mol. The predicted octanol–water partition coefficient (Wildman–Crippen LogP) is 2.90. The molecule has 1 saturated heterocycles. The van der Waals surface area contributed by atoms with E-state index in [1.165, 1.54) is 6.07 Å². The van der Waals surface area contributed by atoms with Crippen LogP contribution in [-0.2, 0) is 6.54 Å². The summed E-state index contributed by atoms with van der Waals surface area (Å²) in [4.78, 5) is 9.39. The molecule has 0 bridgehead atoms. The maximum absolute atomic E-state index is 14.0. The monoisotopic (exact) mass is 345 g/mol. The van der Waals surface area contributed by atoms with E-state index in [0.717, 1.165) is 50.2 Å². The third kappa shape index (κ3) is 4.54. The van der Waals surface area contributed by atoms with Crippen LogP contribution in [0, 0.1) is 11.7 Å². The largest absolute Gasteiger partial charge is 0.396 e. The molecular weight excluding hydrogens is 317 g/mol. The zero-order chi connectivity index (χ0) is 17.8. The highest BCUT2D eigenvalue weighted by Gasteiger charge is 2.27. The molecule has 1 aromatic carbocycles. The first kappa shape index (κ1) is 18.2. The number of aliphatic hydroxyl groups excluding tert-OH is 1. The topological polar surface area (TPSA) is 39.6 Å². The molecule has 0 spiro atoms. The molecule has 3 rings (SSSR count). The van der Waals surface area contributed by atoms with Gasteiger partial charge in [-0.3, -0.25) is 9.80 Å². The fraction of sp³-hybridized carbons (Fsp3) is 0.550. The fourth-order valence-electron chi connectivity index (χ4n) is 3.70. The number of piperazine rings is 1. The smallest absolute Gasteiger partial charge is 0.149 e. The number of rotatable bonds is 6. The molecule has 1 aliphatic heterocycles. The van der Waals surface area contributed by atoms with Crippen LogP contribution in [0.5, 0.6) is 0 Å². The van der Waals surface area contributed by atoms with Crippen molar-refractivity contribution in [1.29, 1.82) is 0 Å². The standard InChI is InChI=1S/C20H28FN3O/c1-15(2)12-24-10-9-23(14-18(24)8-11-25)13-17-7-6-16-4-3-5-19(21)20(16)22-17/h3-7,15,18,25H,8-14H2,1-2H3. The van der Waals surface area contributed by atoms with E-state index in [1.807, 2.05) is 18.2 Å². The number of aliphatic hydroxyl groups is 1. The Morgan fingerprint density at radius 3 is 2.84 bits per heavy atom. The maximum Gasteiger partial charge on any atom is 0.149 e. The van der Waals surface area contributed by atoms with Gasteiger partial charge < -0.3 is 5.11 Å². The van der Waals surface area contributed by atoms with Gasteiger partial charge in [0.15, 0.2) is 0 Å². The molecule has 1 atom stereocenters. The van der Waals surface area contributed by atoms with Gasteiger partial charge in [0, 0.05) is 50.8 Å². The molecule has 1 fully saturated rings. The van der Waals surface area contributed by atoms with Crippen LogP contribution in [-0.4, -0.2) is 58.7 Å². The van der Waals surface area contributed by atoms with Crippen molar-refractivity contribution in [2.24, 2.45) is 5.92 Å². The first-order valence-electron chi connectivity index (χ1n) is 9.18. The molecule has 0 amide bonds. The Bertz CT molecular complexity index is 706. The van der Waals surface area contributed by atoms with Gasteiger partial charge in [0.1, 0.15) is 11.3 Å². The van der Waals surface area contributed by atoms with Gasteiger partial charge in [-0.2, -0.15) is 0 Å². The molecule has 1 aromatic heterocycles. The third-order valence-corrected chi connectivity index (χ3v) is 4.87. The van der Waals surface area contributed by atoms with Crippen LogP contribution in [0.25, 0.3) is 10.9 Å². The number of halogens is 1. The Kier molecular flexibility index (Phi) is 5.99. The Hall–Kier alpha value is -1.56. The van der Waals surface area contributed by atoms with Crippen LogP contribution >= 0.6 is 0 Å². The van der Waals surface area contributed by atoms with Gasteiger partial charge in [-0.25, -0.2) is 9.37 Å². The Morgan fingerprint density at radius 2 is 2.08 bits per heavy atom. The number of aromatic nitrogens is 1. The molecule has 1 unspecified atom stereocenters. The minimum Gasteiger partial charge on any atom is -0.396 e. The van der Waals surface area contributed by atoms with Crippen molar-refractivity contribution in [3.63, 3.8) is 0 Å². The van der Waals surface area contributed by atoms with Crippen molar-refractivity contribution in [3.05, 3.63) is 41.8 Å². The molecule has 2 heterocycles.